The van der Waals surface area contributed by atoms with E-state index < -0.39 is 0 Å². The molecule has 0 aliphatic heterocycles. The monoisotopic (exact) mass is 366 g/mol. The Labute approximate surface area is 155 Å². The van der Waals surface area contributed by atoms with Crippen LogP contribution in [-0.2, 0) is 6.54 Å². The number of halogens is 1. The van der Waals surface area contributed by atoms with Crippen LogP contribution in [0.25, 0.3) is 0 Å². The van der Waals surface area contributed by atoms with Gasteiger partial charge in [0.25, 0.3) is 0 Å². The lowest BCUT2D eigenvalue weighted by molar-refractivity contribution is 0.626. The summed E-state index contributed by atoms with van der Waals surface area (Å²) in [6.07, 6.45) is 1.68. The molecule has 1 aromatic heterocycles. The standard InChI is InChI=1S/C18H19FN8/c1-12-4-2-3-5-14(12)11-22-27-18-24-16(20)23-17(25-18)26-21-10-13-6-8-15(19)9-7-13/h2-9,11,21H,10H2,1H3,(H4,20,23,24,25,26,27). The lowest BCUT2D eigenvalue weighted by Gasteiger charge is -2.08. The number of nitrogens with one attached hydrogen (secondary N) is 3. The van der Waals surface area contributed by atoms with E-state index in [1.54, 1.807) is 18.3 Å². The summed E-state index contributed by atoms with van der Waals surface area (Å²) in [7, 11) is 0. The Morgan fingerprint density at radius 3 is 2.56 bits per heavy atom. The van der Waals surface area contributed by atoms with Crippen LogP contribution in [0.3, 0.4) is 0 Å². The third kappa shape index (κ3) is 5.44. The second-order valence-electron chi connectivity index (χ2n) is 5.67. The normalized spacial score (nSPS) is 10.9. The molecule has 9 heteroatoms. The van der Waals surface area contributed by atoms with Crippen LogP contribution in [0.4, 0.5) is 22.2 Å². The zero-order chi connectivity index (χ0) is 19.1. The maximum atomic E-state index is 12.9. The van der Waals surface area contributed by atoms with Crippen LogP contribution in [0.5, 0.6) is 0 Å². The van der Waals surface area contributed by atoms with Gasteiger partial charge in [0.1, 0.15) is 5.82 Å². The molecule has 2 aromatic carbocycles. The number of nitrogen functional groups attached to an aromatic ring is 1. The van der Waals surface area contributed by atoms with Crippen molar-refractivity contribution in [2.45, 2.75) is 13.5 Å². The van der Waals surface area contributed by atoms with Gasteiger partial charge in [-0.25, -0.2) is 15.2 Å². The number of hydrazine groups is 1. The van der Waals surface area contributed by atoms with Crippen molar-refractivity contribution in [2.24, 2.45) is 5.10 Å². The van der Waals surface area contributed by atoms with Crippen LogP contribution >= 0.6 is 0 Å². The largest absolute Gasteiger partial charge is 0.368 e. The van der Waals surface area contributed by atoms with E-state index in [9.17, 15) is 4.39 Å². The molecule has 27 heavy (non-hydrogen) atoms. The molecule has 0 saturated heterocycles. The van der Waals surface area contributed by atoms with Crippen molar-refractivity contribution in [3.8, 4) is 0 Å². The first-order valence-electron chi connectivity index (χ1n) is 8.20. The molecule has 3 rings (SSSR count). The number of hydrogen-bond donors (Lipinski definition) is 4. The third-order valence-electron chi connectivity index (χ3n) is 3.62. The van der Waals surface area contributed by atoms with Gasteiger partial charge in [0.2, 0.25) is 17.8 Å². The van der Waals surface area contributed by atoms with E-state index in [0.29, 0.717) is 6.54 Å². The van der Waals surface area contributed by atoms with Gasteiger partial charge >= 0.3 is 0 Å². The molecule has 0 fully saturated rings. The molecule has 0 saturated carbocycles. The summed E-state index contributed by atoms with van der Waals surface area (Å²) in [5.74, 6) is 0.209. The van der Waals surface area contributed by atoms with Gasteiger partial charge in [-0.1, -0.05) is 36.4 Å². The van der Waals surface area contributed by atoms with Gasteiger partial charge in [-0.2, -0.15) is 20.1 Å². The number of benzene rings is 2. The molecule has 138 valence electrons. The highest BCUT2D eigenvalue weighted by atomic mass is 19.1. The Morgan fingerprint density at radius 2 is 1.78 bits per heavy atom. The van der Waals surface area contributed by atoms with Crippen molar-refractivity contribution in [2.75, 3.05) is 16.6 Å². The van der Waals surface area contributed by atoms with Crippen LogP contribution in [0.2, 0.25) is 0 Å². The van der Waals surface area contributed by atoms with Crippen molar-refractivity contribution in [3.05, 3.63) is 71.0 Å². The highest BCUT2D eigenvalue weighted by Gasteiger charge is 2.03. The summed E-state index contributed by atoms with van der Waals surface area (Å²) >= 11 is 0. The highest BCUT2D eigenvalue weighted by molar-refractivity contribution is 5.81. The maximum absolute atomic E-state index is 12.9. The van der Waals surface area contributed by atoms with E-state index in [0.717, 1.165) is 16.7 Å². The number of nitrogens with zero attached hydrogens (tertiary/aromatic N) is 4. The average Bonchev–Trinajstić information content (AvgIpc) is 2.65. The summed E-state index contributed by atoms with van der Waals surface area (Å²) in [6.45, 7) is 2.44. The number of rotatable bonds is 7. The fourth-order valence-electron chi connectivity index (χ4n) is 2.22. The molecule has 3 aromatic rings. The minimum atomic E-state index is -0.279. The molecule has 0 bridgehead atoms. The van der Waals surface area contributed by atoms with Crippen LogP contribution in [0, 0.1) is 12.7 Å². The van der Waals surface area contributed by atoms with E-state index in [2.05, 4.69) is 36.3 Å². The molecule has 0 aliphatic carbocycles. The van der Waals surface area contributed by atoms with Gasteiger partial charge in [0.15, 0.2) is 0 Å². The predicted octanol–water partition coefficient (Wildman–Crippen LogP) is 2.46. The second kappa shape index (κ2) is 8.68. The summed E-state index contributed by atoms with van der Waals surface area (Å²) in [4.78, 5) is 12.1. The SMILES string of the molecule is Cc1ccccc1C=NNc1nc(N)nc(NNCc2ccc(F)cc2)n1. The molecule has 0 unspecified atom stereocenters. The zero-order valence-corrected chi connectivity index (χ0v) is 14.6. The van der Waals surface area contributed by atoms with Crippen LogP contribution in [0.15, 0.2) is 53.6 Å². The first kappa shape index (κ1) is 18.2. The van der Waals surface area contributed by atoms with Gasteiger partial charge in [-0.3, -0.25) is 5.43 Å². The lowest BCUT2D eigenvalue weighted by atomic mass is 10.1. The molecular formula is C18H19FN8. The van der Waals surface area contributed by atoms with E-state index in [1.165, 1.54) is 12.1 Å². The zero-order valence-electron chi connectivity index (χ0n) is 14.6. The number of nitrogens with two attached hydrogens (primary N) is 1. The molecular weight excluding hydrogens is 347 g/mol. The Morgan fingerprint density at radius 1 is 1.04 bits per heavy atom. The summed E-state index contributed by atoms with van der Waals surface area (Å²) in [5.41, 5.74) is 17.2. The Kier molecular flexibility index (Phi) is 5.85. The van der Waals surface area contributed by atoms with Gasteiger partial charge in [-0.05, 0) is 35.7 Å². The Balaban J connectivity index is 1.58. The van der Waals surface area contributed by atoms with Crippen LogP contribution < -0.4 is 22.0 Å². The van der Waals surface area contributed by atoms with E-state index >= 15 is 0 Å². The van der Waals surface area contributed by atoms with Gasteiger partial charge in [0.05, 0.1) is 6.21 Å². The van der Waals surface area contributed by atoms with Crippen molar-refractivity contribution in [1.82, 2.24) is 20.4 Å². The summed E-state index contributed by atoms with van der Waals surface area (Å²) in [5, 5.41) is 4.12. The van der Waals surface area contributed by atoms with Crippen LogP contribution in [0.1, 0.15) is 16.7 Å². The summed E-state index contributed by atoms with van der Waals surface area (Å²) < 4.78 is 12.9. The van der Waals surface area contributed by atoms with Gasteiger partial charge in [0, 0.05) is 6.54 Å². The topological polar surface area (TPSA) is 113 Å². The summed E-state index contributed by atoms with van der Waals surface area (Å²) in [6, 6.07) is 14.0. The Bertz CT molecular complexity index is 927. The van der Waals surface area contributed by atoms with Gasteiger partial charge < -0.3 is 5.73 Å². The van der Waals surface area contributed by atoms with E-state index in [-0.39, 0.29) is 23.7 Å². The molecule has 0 amide bonds. The van der Waals surface area contributed by atoms with Crippen molar-refractivity contribution < 1.29 is 4.39 Å². The molecule has 0 spiro atoms. The minimum absolute atomic E-state index is 0.0460. The maximum Gasteiger partial charge on any atom is 0.250 e. The minimum Gasteiger partial charge on any atom is -0.368 e. The highest BCUT2D eigenvalue weighted by Crippen LogP contribution is 2.08. The molecule has 0 atom stereocenters. The van der Waals surface area contributed by atoms with Crippen LogP contribution in [-0.4, -0.2) is 21.2 Å². The van der Waals surface area contributed by atoms with Crippen molar-refractivity contribution in [1.29, 1.82) is 0 Å². The number of hydrogen-bond acceptors (Lipinski definition) is 8. The smallest absolute Gasteiger partial charge is 0.250 e. The van der Waals surface area contributed by atoms with Gasteiger partial charge in [-0.15, -0.1) is 0 Å². The molecule has 5 N–H and O–H groups in total. The molecule has 0 radical (unpaired) electrons. The fourth-order valence-corrected chi connectivity index (χ4v) is 2.22. The Hall–Kier alpha value is -3.59. The number of aromatic nitrogens is 3. The third-order valence-corrected chi connectivity index (χ3v) is 3.62. The van der Waals surface area contributed by atoms with Crippen molar-refractivity contribution in [3.63, 3.8) is 0 Å². The first-order valence-corrected chi connectivity index (χ1v) is 8.20. The predicted molar refractivity (Wildman–Crippen MR) is 103 cm³/mol. The second-order valence-corrected chi connectivity index (χ2v) is 5.67. The number of anilines is 3. The molecule has 1 heterocycles. The quantitative estimate of drug-likeness (QED) is 0.375. The molecule has 8 nitrogen and oxygen atoms in total. The average molecular weight is 366 g/mol. The first-order chi connectivity index (χ1) is 13.1. The lowest BCUT2D eigenvalue weighted by Crippen LogP contribution is -2.23. The van der Waals surface area contributed by atoms with E-state index in [1.807, 2.05) is 31.2 Å². The number of aryl methyl sites for hydroxylation is 1. The molecule has 0 aliphatic rings. The fraction of sp³-hybridized carbons (Fsp3) is 0.111. The van der Waals surface area contributed by atoms with Crippen molar-refractivity contribution >= 4 is 24.1 Å². The van der Waals surface area contributed by atoms with E-state index in [4.69, 9.17) is 5.73 Å². The number of hydrazone groups is 1.